The van der Waals surface area contributed by atoms with Crippen LogP contribution in [-0.4, -0.2) is 27.6 Å². The van der Waals surface area contributed by atoms with Crippen LogP contribution in [0.2, 0.25) is 0 Å². The number of para-hydroxylation sites is 1. The van der Waals surface area contributed by atoms with Gasteiger partial charge in [-0.3, -0.25) is 0 Å². The smallest absolute Gasteiger partial charge is 0.341 e. The van der Waals surface area contributed by atoms with E-state index < -0.39 is 5.97 Å². The summed E-state index contributed by atoms with van der Waals surface area (Å²) in [6.45, 7) is 4.87. The van der Waals surface area contributed by atoms with Crippen LogP contribution in [0.15, 0.2) is 24.3 Å². The van der Waals surface area contributed by atoms with Crippen LogP contribution in [0.25, 0.3) is 10.9 Å². The zero-order chi connectivity index (χ0) is 18.2. The number of halogens is 1. The highest BCUT2D eigenvalue weighted by atomic mass is 79.9. The number of aromatic nitrogens is 1. The Bertz CT molecular complexity index is 696. The lowest BCUT2D eigenvalue weighted by Crippen LogP contribution is -2.13. The molecule has 0 aliphatic carbocycles. The number of hydrogen-bond donors (Lipinski definition) is 1. The Morgan fingerprint density at radius 3 is 2.64 bits per heavy atom. The van der Waals surface area contributed by atoms with Crippen LogP contribution in [0.5, 0.6) is 5.88 Å². The van der Waals surface area contributed by atoms with Crippen molar-refractivity contribution in [1.82, 2.24) is 4.57 Å². The summed E-state index contributed by atoms with van der Waals surface area (Å²) < 4.78 is 8.12. The van der Waals surface area contributed by atoms with Gasteiger partial charge in [-0.25, -0.2) is 4.79 Å². The molecule has 1 atom stereocenters. The SMILES string of the molecule is CCCCCC(CC)n1c(OCCCBr)c(C(=O)O)c2ccccc21. The van der Waals surface area contributed by atoms with E-state index in [1.54, 1.807) is 0 Å². The summed E-state index contributed by atoms with van der Waals surface area (Å²) in [6.07, 6.45) is 6.35. The van der Waals surface area contributed by atoms with Crippen molar-refractivity contribution < 1.29 is 14.6 Å². The molecule has 1 N–H and O–H groups in total. The zero-order valence-corrected chi connectivity index (χ0v) is 16.7. The molecule has 2 aromatic rings. The Morgan fingerprint density at radius 2 is 2.00 bits per heavy atom. The maximum Gasteiger partial charge on any atom is 0.341 e. The highest BCUT2D eigenvalue weighted by Gasteiger charge is 2.26. The van der Waals surface area contributed by atoms with E-state index >= 15 is 0 Å². The Hall–Kier alpha value is -1.49. The molecule has 0 saturated carbocycles. The van der Waals surface area contributed by atoms with E-state index in [0.29, 0.717) is 18.1 Å². The van der Waals surface area contributed by atoms with Crippen LogP contribution in [-0.2, 0) is 0 Å². The molecule has 0 radical (unpaired) electrons. The first-order chi connectivity index (χ1) is 12.2. The predicted octanol–water partition coefficient (Wildman–Crippen LogP) is 6.03. The molecule has 5 heteroatoms. The number of carboxylic acid groups (broad SMARTS) is 1. The van der Waals surface area contributed by atoms with Crippen molar-refractivity contribution in [3.8, 4) is 5.88 Å². The molecule has 0 bridgehead atoms. The van der Waals surface area contributed by atoms with E-state index in [-0.39, 0.29) is 6.04 Å². The van der Waals surface area contributed by atoms with Crippen molar-refractivity contribution in [2.75, 3.05) is 11.9 Å². The van der Waals surface area contributed by atoms with Crippen LogP contribution < -0.4 is 4.74 Å². The molecule has 0 saturated heterocycles. The lowest BCUT2D eigenvalue weighted by molar-refractivity contribution is 0.0693. The van der Waals surface area contributed by atoms with E-state index in [1.807, 2.05) is 24.3 Å². The quantitative estimate of drug-likeness (QED) is 0.363. The molecule has 138 valence electrons. The third-order valence-corrected chi connectivity index (χ3v) is 5.13. The Kier molecular flexibility index (Phi) is 7.82. The average Bonchev–Trinajstić information content (AvgIpc) is 2.93. The van der Waals surface area contributed by atoms with Gasteiger partial charge >= 0.3 is 5.97 Å². The first-order valence-electron chi connectivity index (χ1n) is 9.20. The van der Waals surface area contributed by atoms with Crippen molar-refractivity contribution in [2.24, 2.45) is 0 Å². The van der Waals surface area contributed by atoms with Gasteiger partial charge in [0, 0.05) is 16.8 Å². The fraction of sp³-hybridized carbons (Fsp3) is 0.550. The second-order valence-electron chi connectivity index (χ2n) is 6.32. The van der Waals surface area contributed by atoms with Gasteiger partial charge in [0.1, 0.15) is 5.56 Å². The first-order valence-corrected chi connectivity index (χ1v) is 10.3. The highest BCUT2D eigenvalue weighted by Crippen LogP contribution is 2.38. The van der Waals surface area contributed by atoms with E-state index in [2.05, 4.69) is 34.3 Å². The molecule has 1 heterocycles. The van der Waals surface area contributed by atoms with Crippen molar-refractivity contribution in [2.45, 2.75) is 58.4 Å². The Labute approximate surface area is 158 Å². The number of carboxylic acids is 1. The van der Waals surface area contributed by atoms with Gasteiger partial charge in [-0.2, -0.15) is 0 Å². The summed E-state index contributed by atoms with van der Waals surface area (Å²) >= 11 is 3.41. The molecular formula is C20H28BrNO3. The summed E-state index contributed by atoms with van der Waals surface area (Å²) in [7, 11) is 0. The number of ether oxygens (including phenoxy) is 1. The number of unbranched alkanes of at least 4 members (excludes halogenated alkanes) is 2. The van der Waals surface area contributed by atoms with Crippen LogP contribution >= 0.6 is 15.9 Å². The molecule has 2 rings (SSSR count). The predicted molar refractivity (Wildman–Crippen MR) is 106 cm³/mol. The number of benzene rings is 1. The second kappa shape index (κ2) is 9.85. The van der Waals surface area contributed by atoms with Gasteiger partial charge in [-0.1, -0.05) is 67.2 Å². The van der Waals surface area contributed by atoms with Gasteiger partial charge in [-0.15, -0.1) is 0 Å². The summed E-state index contributed by atoms with van der Waals surface area (Å²) in [5.74, 6) is -0.412. The molecule has 0 aliphatic rings. The third-order valence-electron chi connectivity index (χ3n) is 4.57. The average molecular weight is 410 g/mol. The number of hydrogen-bond acceptors (Lipinski definition) is 2. The van der Waals surface area contributed by atoms with E-state index in [4.69, 9.17) is 4.74 Å². The van der Waals surface area contributed by atoms with Gasteiger partial charge in [0.2, 0.25) is 5.88 Å². The monoisotopic (exact) mass is 409 g/mol. The molecule has 0 amide bonds. The summed E-state index contributed by atoms with van der Waals surface area (Å²) in [4.78, 5) is 12.0. The Balaban J connectivity index is 2.53. The minimum Gasteiger partial charge on any atom is -0.478 e. The fourth-order valence-corrected chi connectivity index (χ4v) is 3.55. The normalized spacial score (nSPS) is 12.4. The maximum atomic E-state index is 12.0. The lowest BCUT2D eigenvalue weighted by Gasteiger charge is -2.22. The number of alkyl halides is 1. The van der Waals surface area contributed by atoms with Crippen LogP contribution in [0, 0.1) is 0 Å². The molecule has 0 aliphatic heterocycles. The third kappa shape index (κ3) is 4.57. The van der Waals surface area contributed by atoms with Gasteiger partial charge in [0.05, 0.1) is 12.1 Å². The molecule has 1 unspecified atom stereocenters. The molecular weight excluding hydrogens is 382 g/mol. The van der Waals surface area contributed by atoms with Crippen LogP contribution in [0.3, 0.4) is 0 Å². The second-order valence-corrected chi connectivity index (χ2v) is 7.11. The van der Waals surface area contributed by atoms with Crippen LogP contribution in [0.1, 0.15) is 68.8 Å². The number of fused-ring (bicyclic) bond motifs is 1. The summed E-state index contributed by atoms with van der Waals surface area (Å²) in [6, 6.07) is 7.99. The van der Waals surface area contributed by atoms with Crippen molar-refractivity contribution in [3.63, 3.8) is 0 Å². The van der Waals surface area contributed by atoms with Gasteiger partial charge < -0.3 is 14.4 Å². The standard InChI is InChI=1S/C20H28BrNO3/c1-3-5-6-10-15(4-2)22-17-12-8-7-11-16(17)18(20(23)24)19(22)25-14-9-13-21/h7-8,11-12,15H,3-6,9-10,13-14H2,1-2H3,(H,23,24). The molecule has 4 nitrogen and oxygen atoms in total. The first kappa shape index (κ1) is 19.8. The molecule has 25 heavy (non-hydrogen) atoms. The van der Waals surface area contributed by atoms with Crippen molar-refractivity contribution in [3.05, 3.63) is 29.8 Å². The topological polar surface area (TPSA) is 51.5 Å². The molecule has 1 aromatic carbocycles. The van der Waals surface area contributed by atoms with Gasteiger partial charge in [-0.05, 0) is 25.3 Å². The van der Waals surface area contributed by atoms with E-state index in [1.165, 1.54) is 12.8 Å². The zero-order valence-electron chi connectivity index (χ0n) is 15.1. The molecule has 1 aromatic heterocycles. The van der Waals surface area contributed by atoms with E-state index in [9.17, 15) is 9.90 Å². The minimum absolute atomic E-state index is 0.253. The minimum atomic E-state index is -0.924. The molecule has 0 fully saturated rings. The summed E-state index contributed by atoms with van der Waals surface area (Å²) in [5, 5.41) is 11.4. The van der Waals surface area contributed by atoms with E-state index in [0.717, 1.165) is 41.9 Å². The lowest BCUT2D eigenvalue weighted by atomic mass is 10.1. The number of rotatable bonds is 11. The number of nitrogens with zero attached hydrogens (tertiary/aromatic N) is 1. The molecule has 0 spiro atoms. The summed E-state index contributed by atoms with van der Waals surface area (Å²) in [5.41, 5.74) is 1.25. The van der Waals surface area contributed by atoms with Crippen molar-refractivity contribution >= 4 is 32.8 Å². The highest BCUT2D eigenvalue weighted by molar-refractivity contribution is 9.09. The largest absolute Gasteiger partial charge is 0.478 e. The van der Waals surface area contributed by atoms with Gasteiger partial charge in [0.15, 0.2) is 0 Å². The maximum absolute atomic E-state index is 12.0. The fourth-order valence-electron chi connectivity index (χ4n) is 3.32. The van der Waals surface area contributed by atoms with Gasteiger partial charge in [0.25, 0.3) is 0 Å². The Morgan fingerprint density at radius 1 is 1.24 bits per heavy atom. The number of carbonyl (C=O) groups is 1. The van der Waals surface area contributed by atoms with Crippen molar-refractivity contribution in [1.29, 1.82) is 0 Å². The van der Waals surface area contributed by atoms with Crippen LogP contribution in [0.4, 0.5) is 0 Å². The number of aromatic carboxylic acids is 1.